The largest absolute Gasteiger partial charge is 1.00 e. The predicted molar refractivity (Wildman–Crippen MR) is 98.2 cm³/mol. The Hall–Kier alpha value is -1.25. The third-order valence-electron chi connectivity index (χ3n) is 3.23. The Balaban J connectivity index is 0.000000251. The van der Waals surface area contributed by atoms with Gasteiger partial charge in [0.05, 0.1) is 35.0 Å². The second-order valence-electron chi connectivity index (χ2n) is 5.10. The molecule has 0 fully saturated rings. The van der Waals surface area contributed by atoms with Crippen molar-refractivity contribution in [2.45, 2.75) is 19.0 Å². The molecule has 0 saturated heterocycles. The summed E-state index contributed by atoms with van der Waals surface area (Å²) in [5.41, 5.74) is 2.73. The number of nitrogens with one attached hydrogen (secondary N) is 1. The standard InChI is InChI=1S/C10H14NO2.C8H8N2OS.Na/c1-3-12-6-7-13-10-4-5-11-8-9(10)2;1-12(11)8-9-6-4-2-3-5-7(6)10-8;/h4-5H,3,6-7H2,1-2H3;2-5H,1H3,(H,9,10);/q-1;;+1. The van der Waals surface area contributed by atoms with Crippen LogP contribution in [0.25, 0.3) is 11.0 Å². The van der Waals surface area contributed by atoms with E-state index < -0.39 is 10.8 Å². The van der Waals surface area contributed by atoms with Crippen LogP contribution in [0.2, 0.25) is 0 Å². The second-order valence-corrected chi connectivity index (χ2v) is 6.40. The molecule has 0 aliphatic heterocycles. The molecule has 3 aromatic rings. The van der Waals surface area contributed by atoms with Gasteiger partial charge in [-0.25, -0.2) is 4.98 Å². The summed E-state index contributed by atoms with van der Waals surface area (Å²) >= 11 is 0. The van der Waals surface area contributed by atoms with E-state index in [1.165, 1.54) is 0 Å². The van der Waals surface area contributed by atoms with Crippen LogP contribution in [0.4, 0.5) is 0 Å². The summed E-state index contributed by atoms with van der Waals surface area (Å²) in [6.45, 7) is 5.81. The number of aromatic nitrogens is 3. The number of fused-ring (bicyclic) bond motifs is 1. The van der Waals surface area contributed by atoms with Gasteiger partial charge in [-0.05, 0) is 19.1 Å². The zero-order valence-electron chi connectivity index (χ0n) is 15.6. The molecule has 134 valence electrons. The molecule has 2 aromatic heterocycles. The van der Waals surface area contributed by atoms with Crippen molar-refractivity contribution in [1.82, 2.24) is 15.0 Å². The molecule has 1 atom stereocenters. The number of imidazole rings is 1. The van der Waals surface area contributed by atoms with Gasteiger partial charge >= 0.3 is 29.6 Å². The number of ether oxygens (including phenoxy) is 2. The molecule has 0 bridgehead atoms. The van der Waals surface area contributed by atoms with Crippen LogP contribution in [-0.4, -0.2) is 45.2 Å². The SMILES string of the molecule is CCOCCOc1ccn[c-]c1C.CS(=O)c1nc2ccccc2[nH]1.[Na+]. The molecular formula is C18H22N3NaO3S. The van der Waals surface area contributed by atoms with Crippen molar-refractivity contribution in [3.8, 4) is 5.75 Å². The van der Waals surface area contributed by atoms with Crippen LogP contribution in [0.1, 0.15) is 12.5 Å². The van der Waals surface area contributed by atoms with Gasteiger partial charge in [0.15, 0.2) is 5.16 Å². The monoisotopic (exact) mass is 383 g/mol. The Morgan fingerprint density at radius 3 is 2.65 bits per heavy atom. The Labute approximate surface area is 178 Å². The first-order valence-electron chi connectivity index (χ1n) is 7.93. The summed E-state index contributed by atoms with van der Waals surface area (Å²) in [6.07, 6.45) is 6.10. The fourth-order valence-electron chi connectivity index (χ4n) is 2.00. The Morgan fingerprint density at radius 2 is 2.00 bits per heavy atom. The molecule has 1 aromatic carbocycles. The normalized spacial score (nSPS) is 11.2. The van der Waals surface area contributed by atoms with E-state index in [1.807, 2.05) is 44.2 Å². The van der Waals surface area contributed by atoms with E-state index in [4.69, 9.17) is 9.47 Å². The van der Waals surface area contributed by atoms with Crippen LogP contribution in [0, 0.1) is 13.1 Å². The summed E-state index contributed by atoms with van der Waals surface area (Å²) in [6, 6.07) is 9.47. The second kappa shape index (κ2) is 12.2. The van der Waals surface area contributed by atoms with Crippen LogP contribution >= 0.6 is 0 Å². The molecule has 0 amide bonds. The maximum Gasteiger partial charge on any atom is 1.00 e. The van der Waals surface area contributed by atoms with Crippen molar-refractivity contribution >= 4 is 21.8 Å². The molecule has 0 aliphatic carbocycles. The molecule has 0 aliphatic rings. The molecule has 0 radical (unpaired) electrons. The van der Waals surface area contributed by atoms with E-state index in [9.17, 15) is 4.21 Å². The van der Waals surface area contributed by atoms with Crippen LogP contribution < -0.4 is 34.3 Å². The fourth-order valence-corrected chi connectivity index (χ4v) is 2.48. The summed E-state index contributed by atoms with van der Waals surface area (Å²) in [5, 5.41) is 0.538. The van der Waals surface area contributed by atoms with E-state index in [1.54, 1.807) is 12.5 Å². The topological polar surface area (TPSA) is 77.1 Å². The van der Waals surface area contributed by atoms with Crippen molar-refractivity contribution in [1.29, 1.82) is 0 Å². The Morgan fingerprint density at radius 1 is 1.23 bits per heavy atom. The number of pyridine rings is 1. The number of rotatable bonds is 6. The Bertz CT molecular complexity index is 793. The number of aryl methyl sites for hydroxylation is 1. The van der Waals surface area contributed by atoms with Crippen molar-refractivity contribution in [2.24, 2.45) is 0 Å². The summed E-state index contributed by atoms with van der Waals surface area (Å²) in [7, 11) is -1.03. The summed E-state index contributed by atoms with van der Waals surface area (Å²) < 4.78 is 21.6. The fraction of sp³-hybridized carbons (Fsp3) is 0.333. The molecule has 8 heteroatoms. The Kier molecular flexibility index (Phi) is 10.7. The number of aromatic amines is 1. The molecule has 1 N–H and O–H groups in total. The maximum absolute atomic E-state index is 11.0. The maximum atomic E-state index is 11.0. The average Bonchev–Trinajstić information content (AvgIpc) is 3.05. The average molecular weight is 383 g/mol. The first kappa shape index (κ1) is 22.8. The zero-order chi connectivity index (χ0) is 18.1. The van der Waals surface area contributed by atoms with Gasteiger partial charge in [0.2, 0.25) is 0 Å². The van der Waals surface area contributed by atoms with E-state index in [0.717, 1.165) is 29.0 Å². The van der Waals surface area contributed by atoms with Gasteiger partial charge in [-0.3, -0.25) is 4.21 Å². The van der Waals surface area contributed by atoms with Gasteiger partial charge in [0, 0.05) is 18.6 Å². The van der Waals surface area contributed by atoms with Crippen molar-refractivity contribution < 1.29 is 43.2 Å². The predicted octanol–water partition coefficient (Wildman–Crippen LogP) is -0.0902. The molecule has 1 unspecified atom stereocenters. The van der Waals surface area contributed by atoms with Crippen LogP contribution in [0.5, 0.6) is 5.75 Å². The van der Waals surface area contributed by atoms with Gasteiger partial charge in [-0.1, -0.05) is 31.5 Å². The number of H-pyrrole nitrogens is 1. The quantitative estimate of drug-likeness (QED) is 0.366. The van der Waals surface area contributed by atoms with Crippen LogP contribution in [0.3, 0.4) is 0 Å². The number of nitrogens with zero attached hydrogens (tertiary/aromatic N) is 2. The van der Waals surface area contributed by atoms with Crippen LogP contribution in [-0.2, 0) is 15.5 Å². The van der Waals surface area contributed by atoms with E-state index in [2.05, 4.69) is 21.1 Å². The smallest absolute Gasteiger partial charge is 0.548 e. The third-order valence-corrected chi connectivity index (χ3v) is 3.97. The number of hydrogen-bond acceptors (Lipinski definition) is 5. The van der Waals surface area contributed by atoms with Crippen molar-refractivity contribution in [3.05, 3.63) is 48.3 Å². The van der Waals surface area contributed by atoms with Gasteiger partial charge in [-0.2, -0.15) is 0 Å². The molecule has 3 rings (SSSR count). The third kappa shape index (κ3) is 7.17. The number of benzene rings is 1. The zero-order valence-corrected chi connectivity index (χ0v) is 18.4. The molecular weight excluding hydrogens is 361 g/mol. The molecule has 26 heavy (non-hydrogen) atoms. The van der Waals surface area contributed by atoms with Crippen LogP contribution in [0.15, 0.2) is 41.7 Å². The molecule has 2 heterocycles. The first-order chi connectivity index (χ1) is 12.1. The van der Waals surface area contributed by atoms with Gasteiger partial charge in [0.1, 0.15) is 0 Å². The van der Waals surface area contributed by atoms with Crippen molar-refractivity contribution in [2.75, 3.05) is 26.1 Å². The van der Waals surface area contributed by atoms with E-state index >= 15 is 0 Å². The number of para-hydroxylation sites is 2. The minimum Gasteiger partial charge on any atom is -0.548 e. The number of hydrogen-bond donors (Lipinski definition) is 1. The first-order valence-corrected chi connectivity index (χ1v) is 9.49. The van der Waals surface area contributed by atoms with Gasteiger partial charge in [0.25, 0.3) is 0 Å². The van der Waals surface area contributed by atoms with E-state index in [-0.39, 0.29) is 29.6 Å². The van der Waals surface area contributed by atoms with Gasteiger partial charge < -0.3 is 19.4 Å². The minimum atomic E-state index is -1.03. The molecule has 0 saturated carbocycles. The summed E-state index contributed by atoms with van der Waals surface area (Å²) in [4.78, 5) is 11.0. The van der Waals surface area contributed by atoms with E-state index in [0.29, 0.717) is 18.4 Å². The summed E-state index contributed by atoms with van der Waals surface area (Å²) in [5.74, 6) is 0.828. The van der Waals surface area contributed by atoms with Gasteiger partial charge in [-0.15, -0.1) is 11.6 Å². The van der Waals surface area contributed by atoms with Crippen molar-refractivity contribution in [3.63, 3.8) is 0 Å². The molecule has 6 nitrogen and oxygen atoms in total. The molecule has 0 spiro atoms. The minimum absolute atomic E-state index is 0.